The second-order valence-corrected chi connectivity index (χ2v) is 8.66. The van der Waals surface area contributed by atoms with Gasteiger partial charge in [-0.05, 0) is 38.0 Å². The minimum atomic E-state index is -0.725. The summed E-state index contributed by atoms with van der Waals surface area (Å²) in [4.78, 5) is 12.0. The fraction of sp³-hybridized carbons (Fsp3) is 0.889. The van der Waals surface area contributed by atoms with Crippen LogP contribution in [0.25, 0.3) is 0 Å². The summed E-state index contributed by atoms with van der Waals surface area (Å²) in [5.74, 6) is 0.878. The molecule has 6 rings (SSSR count). The first-order valence-corrected chi connectivity index (χ1v) is 9.78. The molecule has 1 saturated carbocycles. The third-order valence-electron chi connectivity index (χ3n) is 7.10. The van der Waals surface area contributed by atoms with Gasteiger partial charge in [-0.25, -0.2) is 9.78 Å². The van der Waals surface area contributed by atoms with E-state index in [-0.39, 0.29) is 12.1 Å². The van der Waals surface area contributed by atoms with E-state index >= 15 is 0 Å². The maximum absolute atomic E-state index is 6.46. The molecule has 4 aliphatic heterocycles. The molecule has 1 aromatic rings. The predicted octanol–water partition coefficient (Wildman–Crippen LogP) is 2.03. The molecule has 5 heterocycles. The highest BCUT2D eigenvalue weighted by molar-refractivity contribution is 5.09. The Kier molecular flexibility index (Phi) is 3.92. The van der Waals surface area contributed by atoms with E-state index in [0.717, 1.165) is 19.3 Å². The van der Waals surface area contributed by atoms with Crippen molar-refractivity contribution >= 4 is 0 Å². The topological polar surface area (TPSA) is 79.7 Å². The molecular weight excluding hydrogens is 336 g/mol. The van der Waals surface area contributed by atoms with Gasteiger partial charge in [-0.1, -0.05) is 13.8 Å². The molecule has 0 amide bonds. The molecular formula is C18H28N4O4. The Labute approximate surface area is 153 Å². The van der Waals surface area contributed by atoms with E-state index in [1.165, 1.54) is 6.42 Å². The molecule has 144 valence electrons. The van der Waals surface area contributed by atoms with Gasteiger partial charge in [0.25, 0.3) is 0 Å². The molecule has 1 spiro atoms. The summed E-state index contributed by atoms with van der Waals surface area (Å²) in [6, 6.07) is 0. The quantitative estimate of drug-likeness (QED) is 0.822. The number of hydrogen-bond acceptors (Lipinski definition) is 7. The largest absolute Gasteiger partial charge is 0.331 e. The van der Waals surface area contributed by atoms with Crippen LogP contribution in [0.5, 0.6) is 0 Å². The van der Waals surface area contributed by atoms with E-state index in [9.17, 15) is 0 Å². The normalized spacial score (nSPS) is 50.3. The predicted molar refractivity (Wildman–Crippen MR) is 90.0 cm³/mol. The first kappa shape index (κ1) is 17.1. The summed E-state index contributed by atoms with van der Waals surface area (Å²) in [6.07, 6.45) is 7.09. The lowest BCUT2D eigenvalue weighted by atomic mass is 9.58. The molecule has 8 heteroatoms. The van der Waals surface area contributed by atoms with Crippen LogP contribution in [0.1, 0.15) is 46.5 Å². The molecule has 1 N–H and O–H groups in total. The van der Waals surface area contributed by atoms with Crippen molar-refractivity contribution in [2.24, 2.45) is 23.7 Å². The fourth-order valence-corrected chi connectivity index (χ4v) is 5.64. The zero-order valence-corrected chi connectivity index (χ0v) is 15.6. The zero-order valence-electron chi connectivity index (χ0n) is 15.6. The molecule has 7 unspecified atom stereocenters. The van der Waals surface area contributed by atoms with Crippen LogP contribution >= 0.6 is 0 Å². The van der Waals surface area contributed by atoms with E-state index in [4.69, 9.17) is 19.2 Å². The summed E-state index contributed by atoms with van der Waals surface area (Å²) >= 11 is 0. The van der Waals surface area contributed by atoms with Gasteiger partial charge in [0, 0.05) is 18.3 Å². The smallest absolute Gasteiger partial charge is 0.201 e. The average molecular weight is 364 g/mol. The summed E-state index contributed by atoms with van der Waals surface area (Å²) in [5.41, 5.74) is -0.498. The van der Waals surface area contributed by atoms with Crippen molar-refractivity contribution in [3.8, 4) is 0 Å². The first-order chi connectivity index (χ1) is 12.5. The van der Waals surface area contributed by atoms with E-state index in [0.29, 0.717) is 24.4 Å². The number of rotatable bonds is 3. The zero-order chi connectivity index (χ0) is 17.9. The lowest BCUT2D eigenvalue weighted by Gasteiger charge is -2.60. The van der Waals surface area contributed by atoms with Crippen molar-refractivity contribution in [1.29, 1.82) is 0 Å². The lowest BCUT2D eigenvalue weighted by Crippen LogP contribution is -2.71. The van der Waals surface area contributed by atoms with Crippen LogP contribution in [0.15, 0.2) is 12.7 Å². The van der Waals surface area contributed by atoms with Gasteiger partial charge >= 0.3 is 0 Å². The van der Waals surface area contributed by atoms with Gasteiger partial charge in [0.1, 0.15) is 18.9 Å². The number of nitrogens with one attached hydrogen (secondary N) is 1. The maximum Gasteiger partial charge on any atom is 0.201 e. The monoisotopic (exact) mass is 364 g/mol. The van der Waals surface area contributed by atoms with Crippen LogP contribution in [0, 0.1) is 23.7 Å². The lowest BCUT2D eigenvalue weighted by molar-refractivity contribution is -0.571. The Balaban J connectivity index is 1.45. The second-order valence-electron chi connectivity index (χ2n) is 8.66. The first-order valence-electron chi connectivity index (χ1n) is 9.78. The van der Waals surface area contributed by atoms with Gasteiger partial charge in [-0.15, -0.1) is 10.2 Å². The third kappa shape index (κ3) is 2.39. The number of hydrogen-bond donors (Lipinski definition) is 1. The van der Waals surface area contributed by atoms with Crippen LogP contribution in [0.2, 0.25) is 0 Å². The molecule has 4 saturated heterocycles. The van der Waals surface area contributed by atoms with E-state index in [1.807, 2.05) is 11.5 Å². The molecule has 1 aliphatic carbocycles. The second kappa shape index (κ2) is 5.97. The summed E-state index contributed by atoms with van der Waals surface area (Å²) in [5, 5.41) is 11.2. The Morgan fingerprint density at radius 3 is 2.73 bits per heavy atom. The maximum atomic E-state index is 6.46. The standard InChI is InChI=1S/C18H28N4O4/c1-11-4-5-14-12(2)15(19-8-22-9-20-21-10-22)23-16-18(14)13(11)6-7-17(3,24-16)25-26-18/h9-16,19H,4-8H2,1-3H3/t11?,12?,13?,14?,15?,16?,17?,18-/m1/s1. The van der Waals surface area contributed by atoms with Crippen molar-refractivity contribution in [3.63, 3.8) is 0 Å². The number of ether oxygens (including phenoxy) is 2. The molecule has 5 aliphatic rings. The van der Waals surface area contributed by atoms with Gasteiger partial charge in [0.05, 0.1) is 6.67 Å². The van der Waals surface area contributed by atoms with Gasteiger partial charge in [0.2, 0.25) is 5.79 Å². The average Bonchev–Trinajstić information content (AvgIpc) is 3.04. The van der Waals surface area contributed by atoms with Crippen LogP contribution in [-0.2, 0) is 25.9 Å². The molecule has 5 fully saturated rings. The van der Waals surface area contributed by atoms with Crippen molar-refractivity contribution in [2.45, 2.75) is 77.0 Å². The minimum Gasteiger partial charge on any atom is -0.331 e. The van der Waals surface area contributed by atoms with E-state index in [2.05, 4.69) is 29.4 Å². The summed E-state index contributed by atoms with van der Waals surface area (Å²) < 4.78 is 14.7. The van der Waals surface area contributed by atoms with Crippen LogP contribution in [-0.4, -0.2) is 38.7 Å². The Hall–Kier alpha value is -1.06. The van der Waals surface area contributed by atoms with Crippen LogP contribution in [0.3, 0.4) is 0 Å². The van der Waals surface area contributed by atoms with Crippen molar-refractivity contribution in [3.05, 3.63) is 12.7 Å². The number of nitrogens with zero attached hydrogens (tertiary/aromatic N) is 3. The number of fused-ring (bicyclic) bond motifs is 2. The van der Waals surface area contributed by atoms with Crippen molar-refractivity contribution in [1.82, 2.24) is 20.1 Å². The Bertz CT molecular complexity index is 658. The van der Waals surface area contributed by atoms with Crippen LogP contribution in [0.4, 0.5) is 0 Å². The molecule has 8 nitrogen and oxygen atoms in total. The van der Waals surface area contributed by atoms with Crippen molar-refractivity contribution < 1.29 is 19.2 Å². The Morgan fingerprint density at radius 2 is 1.92 bits per heavy atom. The summed E-state index contributed by atoms with van der Waals surface area (Å²) in [6.45, 7) is 7.13. The van der Waals surface area contributed by atoms with E-state index in [1.54, 1.807) is 12.7 Å². The van der Waals surface area contributed by atoms with Gasteiger partial charge < -0.3 is 14.0 Å². The molecule has 1 aromatic heterocycles. The molecule has 26 heavy (non-hydrogen) atoms. The fourth-order valence-electron chi connectivity index (χ4n) is 5.64. The Morgan fingerprint density at radius 1 is 1.12 bits per heavy atom. The highest BCUT2D eigenvalue weighted by Gasteiger charge is 2.69. The SMILES string of the molecule is CC1CCC2C(C)C(NCn3cnnc3)OC3OC4(C)CCC1[C@]32OO4. The van der Waals surface area contributed by atoms with Crippen LogP contribution < -0.4 is 5.32 Å². The van der Waals surface area contributed by atoms with Gasteiger partial charge in [-0.3, -0.25) is 5.32 Å². The van der Waals surface area contributed by atoms with E-state index < -0.39 is 17.7 Å². The van der Waals surface area contributed by atoms with Crippen molar-refractivity contribution in [2.75, 3.05) is 0 Å². The third-order valence-corrected chi connectivity index (χ3v) is 7.10. The number of aromatic nitrogens is 3. The highest BCUT2D eigenvalue weighted by Crippen LogP contribution is 2.60. The highest BCUT2D eigenvalue weighted by atomic mass is 17.3. The minimum absolute atomic E-state index is 0.112. The van der Waals surface area contributed by atoms with Gasteiger partial charge in [-0.2, -0.15) is 0 Å². The summed E-state index contributed by atoms with van der Waals surface area (Å²) in [7, 11) is 0. The molecule has 0 aromatic carbocycles. The molecule has 2 bridgehead atoms. The van der Waals surface area contributed by atoms with Gasteiger partial charge in [0.15, 0.2) is 11.9 Å². The molecule has 8 atom stereocenters. The molecule has 0 radical (unpaired) electrons.